The molecule has 4 rings (SSSR count). The van der Waals surface area contributed by atoms with E-state index in [2.05, 4.69) is 36.6 Å². The van der Waals surface area contributed by atoms with Crippen LogP contribution < -0.4 is 4.72 Å². The van der Waals surface area contributed by atoms with Gasteiger partial charge in [0.05, 0.1) is 48.1 Å². The van der Waals surface area contributed by atoms with Crippen LogP contribution >= 0.6 is 0 Å². The molecule has 4 unspecified atom stereocenters. The van der Waals surface area contributed by atoms with Gasteiger partial charge in [-0.25, -0.2) is 16.8 Å². The Morgan fingerprint density at radius 3 is 2.50 bits per heavy atom. The van der Waals surface area contributed by atoms with Crippen molar-refractivity contribution in [3.05, 3.63) is 30.4 Å². The quantitative estimate of drug-likeness (QED) is 0.378. The fourth-order valence-electron chi connectivity index (χ4n) is 5.57. The number of hydrogen-bond acceptors (Lipinski definition) is 8. The molecule has 1 heterocycles. The van der Waals surface area contributed by atoms with Crippen molar-refractivity contribution >= 4 is 48.8 Å². The maximum Gasteiger partial charge on any atom is 0.311 e. The molecule has 1 N–H and O–H groups in total. The fraction of sp³-hybridized carbons (Fsp3) is 0.577. The van der Waals surface area contributed by atoms with Crippen molar-refractivity contribution in [1.29, 1.82) is 0 Å². The van der Waals surface area contributed by atoms with Crippen LogP contribution in [0, 0.1) is 23.2 Å². The molecule has 2 bridgehead atoms. The lowest BCUT2D eigenvalue weighted by Gasteiger charge is -2.38. The number of allylic oxidation sites excluding steroid dienone is 1. The highest BCUT2D eigenvalue weighted by Gasteiger charge is 2.52. The second-order valence-corrected chi connectivity index (χ2v) is 15.3. The van der Waals surface area contributed by atoms with E-state index in [9.17, 15) is 26.4 Å². The van der Waals surface area contributed by atoms with Crippen molar-refractivity contribution in [2.24, 2.45) is 28.2 Å². The van der Waals surface area contributed by atoms with Gasteiger partial charge in [0, 0.05) is 17.9 Å². The number of hydrogen-bond donors (Lipinski definition) is 1. The van der Waals surface area contributed by atoms with Gasteiger partial charge in [-0.3, -0.25) is 19.3 Å². The summed E-state index contributed by atoms with van der Waals surface area (Å²) in [5, 5.41) is 0. The number of nitrogens with zero attached hydrogens (tertiary/aromatic N) is 2. The summed E-state index contributed by atoms with van der Waals surface area (Å²) in [6.45, 7) is 6.66. The highest BCUT2D eigenvalue weighted by molar-refractivity contribution is 7.92. The van der Waals surface area contributed by atoms with Gasteiger partial charge in [-0.1, -0.05) is 32.9 Å². The molecule has 1 aliphatic heterocycles. The molecule has 0 aromatic heterocycles. The average Bonchev–Trinajstić information content (AvgIpc) is 3.39. The number of nitrogens with one attached hydrogen (secondary N) is 1. The first kappa shape index (κ1) is 28.3. The Morgan fingerprint density at radius 2 is 1.87 bits per heavy atom. The Hall–Kier alpha value is -2.73. The van der Waals surface area contributed by atoms with Gasteiger partial charge >= 0.3 is 5.97 Å². The van der Waals surface area contributed by atoms with Gasteiger partial charge in [-0.2, -0.15) is 0 Å². The smallest absolute Gasteiger partial charge is 0.311 e. The van der Waals surface area contributed by atoms with Crippen molar-refractivity contribution < 1.29 is 31.2 Å². The van der Waals surface area contributed by atoms with Crippen LogP contribution in [-0.4, -0.2) is 71.0 Å². The third kappa shape index (κ3) is 6.12. The molecular weight excluding hydrogens is 530 g/mol. The fourth-order valence-corrected chi connectivity index (χ4v) is 7.62. The standard InChI is InChI=1S/C26H35N3O7S2/c1-26(2,3)10-11-29(24-17-7-6-16(12-17)23(24)25(31)36-4)22(30)14-19-15-38(34,35)21-13-18(28-37(5,32)33)8-9-20(21)27-19/h6-9,13,16-17,23-24,28H,10-12,14-15H2,1-5H3. The SMILES string of the molecule is COC(=O)C1C2C=CC(C2)C1N(CCC(C)(C)C)C(=O)CC1=Nc2ccc(NS(C)(=O)=O)cc2S(=O)(=O)C1. The van der Waals surface area contributed by atoms with Gasteiger partial charge in [0.25, 0.3) is 0 Å². The number of carbonyl (C=O) groups excluding carboxylic acids is 2. The number of sulfonamides is 1. The van der Waals surface area contributed by atoms with Crippen molar-refractivity contribution in [1.82, 2.24) is 4.90 Å². The zero-order valence-electron chi connectivity index (χ0n) is 22.3. The molecule has 1 aromatic carbocycles. The van der Waals surface area contributed by atoms with E-state index < -0.39 is 31.5 Å². The number of methoxy groups -OCH3 is 1. The molecule has 12 heteroatoms. The lowest BCUT2D eigenvalue weighted by molar-refractivity contribution is -0.150. The first-order valence-corrected chi connectivity index (χ1v) is 16.1. The van der Waals surface area contributed by atoms with Crippen molar-refractivity contribution in [3.8, 4) is 0 Å². The maximum atomic E-state index is 13.8. The number of rotatable bonds is 8. The molecule has 4 atom stereocenters. The van der Waals surface area contributed by atoms with E-state index in [4.69, 9.17) is 4.74 Å². The summed E-state index contributed by atoms with van der Waals surface area (Å²) in [4.78, 5) is 32.6. The second-order valence-electron chi connectivity index (χ2n) is 11.6. The number of benzene rings is 1. The largest absolute Gasteiger partial charge is 0.469 e. The highest BCUT2D eigenvalue weighted by atomic mass is 32.2. The van der Waals surface area contributed by atoms with Crippen LogP contribution in [0.2, 0.25) is 0 Å². The summed E-state index contributed by atoms with van der Waals surface area (Å²) in [7, 11) is -6.09. The molecule has 3 aliphatic rings. The molecule has 2 aliphatic carbocycles. The second kappa shape index (κ2) is 10.1. The Kier molecular flexibility index (Phi) is 7.52. The van der Waals surface area contributed by atoms with Gasteiger partial charge in [0.1, 0.15) is 0 Å². The highest BCUT2D eigenvalue weighted by Crippen LogP contribution is 2.47. The zero-order chi connectivity index (χ0) is 28.0. The molecule has 208 valence electrons. The Balaban J connectivity index is 1.63. The Morgan fingerprint density at radius 1 is 1.18 bits per heavy atom. The topological polar surface area (TPSA) is 139 Å². The molecular formula is C26H35N3O7S2. The van der Waals surface area contributed by atoms with E-state index >= 15 is 0 Å². The molecule has 1 aromatic rings. The number of ether oxygens (including phenoxy) is 1. The molecule has 0 radical (unpaired) electrons. The molecule has 0 spiro atoms. The minimum atomic E-state index is -3.85. The predicted octanol–water partition coefficient (Wildman–Crippen LogP) is 2.94. The third-order valence-corrected chi connectivity index (χ3v) is 9.58. The molecule has 38 heavy (non-hydrogen) atoms. The van der Waals surface area contributed by atoms with Gasteiger partial charge in [0.15, 0.2) is 9.84 Å². The Labute approximate surface area is 224 Å². The van der Waals surface area contributed by atoms with E-state index in [1.807, 2.05) is 6.08 Å². The van der Waals surface area contributed by atoms with Crippen LogP contribution in [0.5, 0.6) is 0 Å². The average molecular weight is 566 g/mol. The summed E-state index contributed by atoms with van der Waals surface area (Å²) in [6, 6.07) is 3.74. The van der Waals surface area contributed by atoms with E-state index in [-0.39, 0.29) is 63.6 Å². The lowest BCUT2D eigenvalue weighted by atomic mass is 9.86. The predicted molar refractivity (Wildman–Crippen MR) is 144 cm³/mol. The zero-order valence-corrected chi connectivity index (χ0v) is 23.9. The van der Waals surface area contributed by atoms with Gasteiger partial charge in [0.2, 0.25) is 15.9 Å². The van der Waals surface area contributed by atoms with Crippen LogP contribution in [0.1, 0.15) is 40.0 Å². The van der Waals surface area contributed by atoms with E-state index in [0.29, 0.717) is 13.0 Å². The molecule has 1 saturated carbocycles. The van der Waals surface area contributed by atoms with Crippen LogP contribution in [0.25, 0.3) is 0 Å². The van der Waals surface area contributed by atoms with Crippen LogP contribution in [0.15, 0.2) is 40.2 Å². The van der Waals surface area contributed by atoms with E-state index in [1.54, 1.807) is 4.90 Å². The van der Waals surface area contributed by atoms with Crippen LogP contribution in [0.4, 0.5) is 11.4 Å². The van der Waals surface area contributed by atoms with Gasteiger partial charge in [-0.15, -0.1) is 0 Å². The lowest BCUT2D eigenvalue weighted by Crippen LogP contribution is -2.50. The maximum absolute atomic E-state index is 13.8. The van der Waals surface area contributed by atoms with Gasteiger partial charge < -0.3 is 9.64 Å². The summed E-state index contributed by atoms with van der Waals surface area (Å²) >= 11 is 0. The summed E-state index contributed by atoms with van der Waals surface area (Å²) in [6.07, 6.45) is 6.34. The minimum absolute atomic E-state index is 0.0106. The number of anilines is 1. The first-order valence-electron chi connectivity index (χ1n) is 12.5. The number of sulfone groups is 1. The first-order chi connectivity index (χ1) is 17.6. The number of esters is 1. The normalized spacial score (nSPS) is 25.4. The number of fused-ring (bicyclic) bond motifs is 3. The summed E-state index contributed by atoms with van der Waals surface area (Å²) in [5.41, 5.74) is 0.431. The van der Waals surface area contributed by atoms with Crippen LogP contribution in [-0.2, 0) is 34.2 Å². The number of aliphatic imine (C=N–C) groups is 1. The molecule has 0 saturated heterocycles. The number of carbonyl (C=O) groups is 2. The van der Waals surface area contributed by atoms with Gasteiger partial charge in [-0.05, 0) is 48.3 Å². The van der Waals surface area contributed by atoms with Crippen molar-refractivity contribution in [3.63, 3.8) is 0 Å². The monoisotopic (exact) mass is 565 g/mol. The van der Waals surface area contributed by atoms with Crippen molar-refractivity contribution in [2.45, 2.75) is 51.0 Å². The van der Waals surface area contributed by atoms with Crippen LogP contribution in [0.3, 0.4) is 0 Å². The molecule has 1 amide bonds. The molecule has 1 fully saturated rings. The minimum Gasteiger partial charge on any atom is -0.469 e. The van der Waals surface area contributed by atoms with E-state index in [1.165, 1.54) is 25.3 Å². The number of amides is 1. The third-order valence-electron chi connectivity index (χ3n) is 7.26. The summed E-state index contributed by atoms with van der Waals surface area (Å²) in [5.74, 6) is -1.48. The van der Waals surface area contributed by atoms with E-state index in [0.717, 1.165) is 12.7 Å². The Bertz CT molecular complexity index is 1410. The van der Waals surface area contributed by atoms with Crippen molar-refractivity contribution in [2.75, 3.05) is 30.4 Å². The summed E-state index contributed by atoms with van der Waals surface area (Å²) < 4.78 is 56.7. The molecule has 10 nitrogen and oxygen atoms in total.